The van der Waals surface area contributed by atoms with E-state index in [4.69, 9.17) is 0 Å². The summed E-state index contributed by atoms with van der Waals surface area (Å²) in [5.74, 6) is -4.38. The quantitative estimate of drug-likeness (QED) is 0.188. The molecule has 48 heavy (non-hydrogen) atoms. The summed E-state index contributed by atoms with van der Waals surface area (Å²) in [7, 11) is 0. The molecule has 1 saturated heterocycles. The van der Waals surface area contributed by atoms with E-state index in [1.165, 1.54) is 11.0 Å². The van der Waals surface area contributed by atoms with Crippen molar-refractivity contribution in [3.63, 3.8) is 0 Å². The van der Waals surface area contributed by atoms with E-state index in [-0.39, 0.29) is 35.6 Å². The molecule has 0 spiro atoms. The molecule has 8 rings (SSSR count). The van der Waals surface area contributed by atoms with Crippen LogP contribution in [-0.4, -0.2) is 28.5 Å². The van der Waals surface area contributed by atoms with Gasteiger partial charge in [-0.15, -0.1) is 0 Å². The number of hydrogen-bond acceptors (Lipinski definition) is 5. The van der Waals surface area contributed by atoms with Crippen molar-refractivity contribution in [1.82, 2.24) is 0 Å². The maximum atomic E-state index is 15.0. The van der Waals surface area contributed by atoms with Gasteiger partial charge in [-0.1, -0.05) is 115 Å². The van der Waals surface area contributed by atoms with E-state index in [1.54, 1.807) is 36.4 Å². The van der Waals surface area contributed by atoms with Crippen LogP contribution in [0, 0.1) is 23.7 Å². The second-order valence-corrected chi connectivity index (χ2v) is 13.2. The number of nitrogens with zero attached hydrogens (tertiary/aromatic N) is 1. The predicted octanol–water partition coefficient (Wildman–Crippen LogP) is 7.06. The minimum absolute atomic E-state index is 0.0103. The summed E-state index contributed by atoms with van der Waals surface area (Å²) in [4.78, 5) is 59.7. The van der Waals surface area contributed by atoms with E-state index in [9.17, 15) is 19.5 Å². The first-order valence-corrected chi connectivity index (χ1v) is 16.4. The highest BCUT2D eigenvalue weighted by Gasteiger charge is 2.66. The molecule has 6 heteroatoms. The number of rotatable bonds is 5. The van der Waals surface area contributed by atoms with Crippen LogP contribution in [0.1, 0.15) is 41.0 Å². The molecule has 3 aliphatic carbocycles. The lowest BCUT2D eigenvalue weighted by molar-refractivity contribution is -0.135. The number of carbonyl (C=O) groups is 4. The minimum Gasteiger partial charge on any atom is -0.508 e. The van der Waals surface area contributed by atoms with Gasteiger partial charge in [-0.3, -0.25) is 24.1 Å². The number of fused-ring (bicyclic) bond motifs is 4. The van der Waals surface area contributed by atoms with Crippen molar-refractivity contribution in [3.8, 4) is 5.75 Å². The average molecular weight is 632 g/mol. The number of hydrogen-bond donors (Lipinski definition) is 1. The Kier molecular flexibility index (Phi) is 6.99. The van der Waals surface area contributed by atoms with E-state index in [0.29, 0.717) is 34.4 Å². The molecule has 4 aliphatic rings. The summed E-state index contributed by atoms with van der Waals surface area (Å²) in [6.45, 7) is 3.80. The fourth-order valence-corrected chi connectivity index (χ4v) is 8.96. The number of phenols is 1. The molecular weight excluding hydrogens is 598 g/mol. The molecule has 0 unspecified atom stereocenters. The number of para-hydroxylation sites is 1. The van der Waals surface area contributed by atoms with Crippen LogP contribution in [-0.2, 0) is 24.6 Å². The Morgan fingerprint density at radius 3 is 2.12 bits per heavy atom. The first kappa shape index (κ1) is 29.8. The van der Waals surface area contributed by atoms with Crippen molar-refractivity contribution in [2.24, 2.45) is 23.7 Å². The molecule has 236 valence electrons. The van der Waals surface area contributed by atoms with Crippen molar-refractivity contribution >= 4 is 40.7 Å². The van der Waals surface area contributed by atoms with E-state index in [0.717, 1.165) is 11.1 Å². The molecule has 1 saturated carbocycles. The Morgan fingerprint density at radius 1 is 0.771 bits per heavy atom. The highest BCUT2D eigenvalue weighted by atomic mass is 16.3. The number of carbonyl (C=O) groups excluding carboxylic acids is 4. The highest BCUT2D eigenvalue weighted by Crippen LogP contribution is 2.64. The molecule has 0 aromatic heterocycles. The van der Waals surface area contributed by atoms with Crippen molar-refractivity contribution in [3.05, 3.63) is 156 Å². The lowest BCUT2D eigenvalue weighted by atomic mass is 9.44. The minimum atomic E-state index is -1.38. The van der Waals surface area contributed by atoms with E-state index in [1.807, 2.05) is 84.9 Å². The number of Topliss-reactive ketones (excluding diaryl/α,β-unsaturated/α-hetero) is 1. The molecule has 2 amide bonds. The molecule has 2 fully saturated rings. The molecule has 4 aromatic carbocycles. The Bertz CT molecular complexity index is 2060. The number of ketones is 2. The maximum Gasteiger partial charge on any atom is 0.238 e. The molecule has 1 N–H and O–H groups in total. The molecule has 0 radical (unpaired) electrons. The summed E-state index contributed by atoms with van der Waals surface area (Å²) < 4.78 is 0. The standard InChI is InChI=1S/C42H33NO5/c1-2-25-17-19-28(20-18-25)43-40(47)31-22-21-29-33(37(31)41(43)48)23-34-39(46)32(26-11-5-3-6-12-26)24-36(45)42(34,27-13-7-4-8-14-27)38(29)30-15-9-10-16-35(30)44/h2-21,24,31,33-34,37-38,44H,1,22-23H2/t31-,33+,34-,37-,38+,42-/m0/s1. The van der Waals surface area contributed by atoms with Gasteiger partial charge in [-0.2, -0.15) is 0 Å². The fourth-order valence-electron chi connectivity index (χ4n) is 8.96. The van der Waals surface area contributed by atoms with Crippen LogP contribution in [0.3, 0.4) is 0 Å². The number of amides is 2. The SMILES string of the molecule is C=Cc1ccc(N2C(=O)[C@H]3[C@H](CC=C4[C@H]3C[C@H]3C(=O)C(c5ccccc5)=CC(=O)[C@@]3(c3ccccc3)[C@H]4c3ccccc3O)C2=O)cc1. The van der Waals surface area contributed by atoms with E-state index < -0.39 is 35.0 Å². The summed E-state index contributed by atoms with van der Waals surface area (Å²) >= 11 is 0. The Labute approximate surface area is 278 Å². The van der Waals surface area contributed by atoms with Crippen molar-refractivity contribution < 1.29 is 24.3 Å². The summed E-state index contributed by atoms with van der Waals surface area (Å²) in [6, 6.07) is 32.7. The summed E-state index contributed by atoms with van der Waals surface area (Å²) in [5, 5.41) is 11.4. The monoisotopic (exact) mass is 631 g/mol. The number of aromatic hydroxyl groups is 1. The van der Waals surface area contributed by atoms with Gasteiger partial charge in [-0.25, -0.2) is 0 Å². The van der Waals surface area contributed by atoms with Crippen molar-refractivity contribution in [2.45, 2.75) is 24.2 Å². The average Bonchev–Trinajstić information content (AvgIpc) is 3.39. The van der Waals surface area contributed by atoms with E-state index >= 15 is 4.79 Å². The van der Waals surface area contributed by atoms with E-state index in [2.05, 4.69) is 6.58 Å². The van der Waals surface area contributed by atoms with Crippen LogP contribution >= 0.6 is 0 Å². The Morgan fingerprint density at radius 2 is 1.44 bits per heavy atom. The molecule has 4 aromatic rings. The smallest absolute Gasteiger partial charge is 0.238 e. The maximum absolute atomic E-state index is 15.0. The van der Waals surface area contributed by atoms with Gasteiger partial charge in [0.15, 0.2) is 11.6 Å². The van der Waals surface area contributed by atoms with Gasteiger partial charge in [0.05, 0.1) is 22.9 Å². The van der Waals surface area contributed by atoms with Crippen molar-refractivity contribution in [1.29, 1.82) is 0 Å². The Balaban J connectivity index is 1.34. The third-order valence-electron chi connectivity index (χ3n) is 11.0. The number of allylic oxidation sites excluding steroid dienone is 4. The number of imide groups is 1. The zero-order chi connectivity index (χ0) is 33.2. The number of phenolic OH excluding ortho intramolecular Hbond substituents is 1. The van der Waals surface area contributed by atoms with Crippen LogP contribution in [0.4, 0.5) is 5.69 Å². The normalized spacial score (nSPS) is 27.8. The van der Waals surface area contributed by atoms with Crippen LogP contribution < -0.4 is 4.90 Å². The van der Waals surface area contributed by atoms with Gasteiger partial charge in [-0.05, 0) is 59.7 Å². The number of benzene rings is 4. The van der Waals surface area contributed by atoms with Gasteiger partial charge < -0.3 is 5.11 Å². The third-order valence-corrected chi connectivity index (χ3v) is 11.0. The van der Waals surface area contributed by atoms with Gasteiger partial charge in [0.25, 0.3) is 0 Å². The lowest BCUT2D eigenvalue weighted by Crippen LogP contribution is -2.58. The van der Waals surface area contributed by atoms with Gasteiger partial charge in [0, 0.05) is 23.0 Å². The molecule has 6 nitrogen and oxygen atoms in total. The molecule has 6 atom stereocenters. The van der Waals surface area contributed by atoms with Gasteiger partial charge >= 0.3 is 0 Å². The largest absolute Gasteiger partial charge is 0.508 e. The van der Waals surface area contributed by atoms with Crippen LogP contribution in [0.2, 0.25) is 0 Å². The second-order valence-electron chi connectivity index (χ2n) is 13.2. The third kappa shape index (κ3) is 4.18. The zero-order valence-electron chi connectivity index (χ0n) is 26.2. The fraction of sp³-hybridized carbons (Fsp3) is 0.190. The van der Waals surface area contributed by atoms with Crippen LogP contribution in [0.25, 0.3) is 11.6 Å². The topological polar surface area (TPSA) is 91.8 Å². The van der Waals surface area contributed by atoms with Crippen LogP contribution in [0.5, 0.6) is 5.75 Å². The van der Waals surface area contributed by atoms with Crippen LogP contribution in [0.15, 0.2) is 133 Å². The zero-order valence-corrected chi connectivity index (χ0v) is 26.2. The molecule has 1 aliphatic heterocycles. The lowest BCUT2D eigenvalue weighted by Gasteiger charge is -2.55. The number of anilines is 1. The molecule has 1 heterocycles. The predicted molar refractivity (Wildman–Crippen MR) is 184 cm³/mol. The first-order valence-electron chi connectivity index (χ1n) is 16.4. The molecular formula is C42H33NO5. The first-order chi connectivity index (χ1) is 23.4. The summed E-state index contributed by atoms with van der Waals surface area (Å²) in [5.41, 5.74) is 3.01. The summed E-state index contributed by atoms with van der Waals surface area (Å²) in [6.07, 6.45) is 5.72. The highest BCUT2D eigenvalue weighted by molar-refractivity contribution is 6.32. The Hall–Kier alpha value is -5.62. The van der Waals surface area contributed by atoms with Crippen molar-refractivity contribution in [2.75, 3.05) is 4.90 Å². The van der Waals surface area contributed by atoms with Gasteiger partial charge in [0.2, 0.25) is 11.8 Å². The van der Waals surface area contributed by atoms with Gasteiger partial charge in [0.1, 0.15) is 5.75 Å². The molecule has 0 bridgehead atoms. The second kappa shape index (κ2) is 11.3.